The fraction of sp³-hybridized carbons (Fsp3) is 0.393. The van der Waals surface area contributed by atoms with Crippen molar-refractivity contribution in [2.24, 2.45) is 0 Å². The fourth-order valence-corrected chi connectivity index (χ4v) is 5.48. The van der Waals surface area contributed by atoms with Crippen molar-refractivity contribution < 1.29 is 14.7 Å². The third-order valence-corrected chi connectivity index (χ3v) is 7.32. The Hall–Kier alpha value is -3.39. The largest absolute Gasteiger partial charge is 0.507 e. The topological polar surface area (TPSA) is 94.6 Å². The molecule has 36 heavy (non-hydrogen) atoms. The lowest BCUT2D eigenvalue weighted by atomic mass is 10.0. The second-order valence-corrected chi connectivity index (χ2v) is 10.5. The van der Waals surface area contributed by atoms with E-state index in [1.807, 2.05) is 32.9 Å². The van der Waals surface area contributed by atoms with Crippen molar-refractivity contribution in [3.05, 3.63) is 47.3 Å². The number of aryl methyl sites for hydroxylation is 1. The number of phenolic OH excluding ortho intramolecular Hbond substituents is 1. The van der Waals surface area contributed by atoms with E-state index in [0.29, 0.717) is 29.2 Å². The van der Waals surface area contributed by atoms with Crippen LogP contribution in [0.2, 0.25) is 0 Å². The summed E-state index contributed by atoms with van der Waals surface area (Å²) in [6.07, 6.45) is 2.85. The van der Waals surface area contributed by atoms with Crippen molar-refractivity contribution >= 4 is 34.7 Å². The Labute approximate surface area is 216 Å². The van der Waals surface area contributed by atoms with E-state index in [0.717, 1.165) is 41.8 Å². The number of thiophene rings is 1. The van der Waals surface area contributed by atoms with E-state index in [1.54, 1.807) is 29.5 Å². The minimum Gasteiger partial charge on any atom is -0.507 e. The molecule has 8 heteroatoms. The number of pyridine rings is 1. The summed E-state index contributed by atoms with van der Waals surface area (Å²) < 4.78 is 0. The van der Waals surface area contributed by atoms with Gasteiger partial charge in [-0.15, -0.1) is 11.3 Å². The Kier molecular flexibility index (Phi) is 7.94. The zero-order valence-electron chi connectivity index (χ0n) is 21.3. The van der Waals surface area contributed by atoms with Gasteiger partial charge in [-0.1, -0.05) is 6.92 Å². The van der Waals surface area contributed by atoms with E-state index in [1.165, 1.54) is 0 Å². The maximum absolute atomic E-state index is 13.0. The highest BCUT2D eigenvalue weighted by Gasteiger charge is 2.32. The molecule has 0 radical (unpaired) electrons. The standard InChI is InChI=1S/C28H34N4O3S/c1-5-7-26(34)30-20-9-10-24(33)21(16-20)22-14-19(27-18(4)11-13-36-27)15-25(31-22)32-12-6-8-23(32)28(35)29-17(2)3/h9-11,13-17,23,33H,5-8,12H2,1-4H3,(H,29,35)(H,30,34)/t23-/m0/s1. The third-order valence-electron chi connectivity index (χ3n) is 6.25. The van der Waals surface area contributed by atoms with E-state index in [9.17, 15) is 14.7 Å². The first-order chi connectivity index (χ1) is 17.3. The summed E-state index contributed by atoms with van der Waals surface area (Å²) in [5.74, 6) is 0.725. The number of carbonyl (C=O) groups is 2. The molecule has 0 bridgehead atoms. The number of carbonyl (C=O) groups excluding carboxylic acids is 2. The van der Waals surface area contributed by atoms with Crippen LogP contribution >= 0.6 is 11.3 Å². The molecule has 7 nitrogen and oxygen atoms in total. The fourth-order valence-electron chi connectivity index (χ4n) is 4.56. The quantitative estimate of drug-likeness (QED) is 0.340. The SMILES string of the molecule is CCCC(=O)Nc1ccc(O)c(-c2cc(-c3sccc3C)cc(N3CCC[C@H]3C(=O)NC(C)C)n2)c1. The number of hydrogen-bond acceptors (Lipinski definition) is 6. The Morgan fingerprint density at radius 2 is 2.03 bits per heavy atom. The molecule has 2 amide bonds. The van der Waals surface area contributed by atoms with Gasteiger partial charge in [-0.25, -0.2) is 4.98 Å². The zero-order chi connectivity index (χ0) is 25.8. The maximum atomic E-state index is 13.0. The van der Waals surface area contributed by atoms with Gasteiger partial charge in [0.15, 0.2) is 0 Å². The summed E-state index contributed by atoms with van der Waals surface area (Å²) in [6, 6.07) is 10.9. The predicted molar refractivity (Wildman–Crippen MR) is 147 cm³/mol. The number of phenols is 1. The molecule has 0 unspecified atom stereocenters. The van der Waals surface area contributed by atoms with Crippen molar-refractivity contribution in [2.75, 3.05) is 16.8 Å². The summed E-state index contributed by atoms with van der Waals surface area (Å²) in [5, 5.41) is 18.8. The molecule has 1 aliphatic heterocycles. The predicted octanol–water partition coefficient (Wildman–Crippen LogP) is 5.72. The van der Waals surface area contributed by atoms with Gasteiger partial charge in [0.25, 0.3) is 0 Å². The lowest BCUT2D eigenvalue weighted by Crippen LogP contribution is -2.45. The Morgan fingerprint density at radius 3 is 2.72 bits per heavy atom. The molecule has 1 atom stereocenters. The van der Waals surface area contributed by atoms with E-state index >= 15 is 0 Å². The molecule has 0 saturated carbocycles. The average Bonchev–Trinajstić information content (AvgIpc) is 3.49. The van der Waals surface area contributed by atoms with Gasteiger partial charge in [-0.05, 0) is 92.9 Å². The molecule has 0 aliphatic carbocycles. The van der Waals surface area contributed by atoms with Crippen LogP contribution in [0.25, 0.3) is 21.7 Å². The van der Waals surface area contributed by atoms with Gasteiger partial charge in [0, 0.05) is 35.1 Å². The number of amides is 2. The number of aromatic nitrogens is 1. The van der Waals surface area contributed by atoms with Gasteiger partial charge in [0.05, 0.1) is 5.69 Å². The molecule has 3 N–H and O–H groups in total. The van der Waals surface area contributed by atoms with Crippen LogP contribution in [0.15, 0.2) is 41.8 Å². The molecule has 1 aromatic carbocycles. The van der Waals surface area contributed by atoms with Crippen molar-refractivity contribution in [2.45, 2.75) is 65.5 Å². The van der Waals surface area contributed by atoms with E-state index in [-0.39, 0.29) is 29.6 Å². The Bertz CT molecular complexity index is 1250. The average molecular weight is 507 g/mol. The van der Waals surface area contributed by atoms with Gasteiger partial charge < -0.3 is 20.6 Å². The number of rotatable bonds is 8. The molecule has 3 aromatic rings. The molecule has 3 heterocycles. The number of anilines is 2. The lowest BCUT2D eigenvalue weighted by Gasteiger charge is -2.27. The second kappa shape index (κ2) is 11.1. The third kappa shape index (κ3) is 5.70. The highest BCUT2D eigenvalue weighted by Crippen LogP contribution is 2.38. The lowest BCUT2D eigenvalue weighted by molar-refractivity contribution is -0.122. The van der Waals surface area contributed by atoms with Crippen LogP contribution in [0.1, 0.15) is 52.0 Å². The molecular weight excluding hydrogens is 472 g/mol. The first-order valence-corrected chi connectivity index (χ1v) is 13.4. The number of nitrogens with one attached hydrogen (secondary N) is 2. The monoisotopic (exact) mass is 506 g/mol. The number of nitrogens with zero attached hydrogens (tertiary/aromatic N) is 2. The van der Waals surface area contributed by atoms with Gasteiger partial charge >= 0.3 is 0 Å². The Balaban J connectivity index is 1.79. The summed E-state index contributed by atoms with van der Waals surface area (Å²) in [4.78, 5) is 33.2. The Morgan fingerprint density at radius 1 is 1.22 bits per heavy atom. The van der Waals surface area contributed by atoms with Gasteiger partial charge in [0.2, 0.25) is 11.8 Å². The summed E-state index contributed by atoms with van der Waals surface area (Å²) in [6.45, 7) is 8.68. The summed E-state index contributed by atoms with van der Waals surface area (Å²) in [7, 11) is 0. The summed E-state index contributed by atoms with van der Waals surface area (Å²) in [5.41, 5.74) is 3.87. The highest BCUT2D eigenvalue weighted by atomic mass is 32.1. The van der Waals surface area contributed by atoms with Gasteiger partial charge in [-0.3, -0.25) is 9.59 Å². The minimum atomic E-state index is -0.291. The van der Waals surface area contributed by atoms with Crippen LogP contribution in [-0.4, -0.2) is 40.5 Å². The number of aromatic hydroxyl groups is 1. The molecule has 1 aliphatic rings. The van der Waals surface area contributed by atoms with Crippen LogP contribution in [0.3, 0.4) is 0 Å². The van der Waals surface area contributed by atoms with Crippen molar-refractivity contribution in [3.8, 4) is 27.4 Å². The van der Waals surface area contributed by atoms with Crippen molar-refractivity contribution in [1.29, 1.82) is 0 Å². The van der Waals surface area contributed by atoms with Crippen LogP contribution in [0, 0.1) is 6.92 Å². The normalized spacial score (nSPS) is 15.4. The molecule has 2 aromatic heterocycles. The number of benzene rings is 1. The molecular formula is C28H34N4O3S. The van der Waals surface area contributed by atoms with Crippen molar-refractivity contribution in [3.63, 3.8) is 0 Å². The molecule has 0 spiro atoms. The van der Waals surface area contributed by atoms with Crippen LogP contribution < -0.4 is 15.5 Å². The number of hydrogen-bond donors (Lipinski definition) is 3. The van der Waals surface area contributed by atoms with E-state index in [4.69, 9.17) is 4.98 Å². The van der Waals surface area contributed by atoms with Crippen LogP contribution in [0.4, 0.5) is 11.5 Å². The first kappa shape index (κ1) is 25.7. The molecule has 4 rings (SSSR count). The van der Waals surface area contributed by atoms with E-state index < -0.39 is 0 Å². The molecule has 1 saturated heterocycles. The second-order valence-electron chi connectivity index (χ2n) is 9.58. The van der Waals surface area contributed by atoms with Crippen molar-refractivity contribution in [1.82, 2.24) is 10.3 Å². The maximum Gasteiger partial charge on any atom is 0.242 e. The smallest absolute Gasteiger partial charge is 0.242 e. The van der Waals surface area contributed by atoms with Gasteiger partial charge in [0.1, 0.15) is 17.6 Å². The van der Waals surface area contributed by atoms with Crippen LogP contribution in [-0.2, 0) is 9.59 Å². The minimum absolute atomic E-state index is 0.00652. The summed E-state index contributed by atoms with van der Waals surface area (Å²) >= 11 is 1.65. The molecule has 1 fully saturated rings. The first-order valence-electron chi connectivity index (χ1n) is 12.5. The zero-order valence-corrected chi connectivity index (χ0v) is 22.1. The highest BCUT2D eigenvalue weighted by molar-refractivity contribution is 7.13. The molecule has 190 valence electrons. The van der Waals surface area contributed by atoms with Crippen LogP contribution in [0.5, 0.6) is 5.75 Å². The van der Waals surface area contributed by atoms with Gasteiger partial charge in [-0.2, -0.15) is 0 Å². The van der Waals surface area contributed by atoms with E-state index in [2.05, 4.69) is 33.9 Å².